The normalized spacial score (nSPS) is 15.4. The number of halogens is 1. The van der Waals surface area contributed by atoms with Crippen molar-refractivity contribution in [3.8, 4) is 0 Å². The van der Waals surface area contributed by atoms with Crippen molar-refractivity contribution in [3.63, 3.8) is 0 Å². The molecule has 4 heteroatoms. The van der Waals surface area contributed by atoms with Gasteiger partial charge in [0.15, 0.2) is 5.78 Å². The van der Waals surface area contributed by atoms with Crippen molar-refractivity contribution >= 4 is 28.0 Å². The fourth-order valence-corrected chi connectivity index (χ4v) is 5.76. The predicted molar refractivity (Wildman–Crippen MR) is 143 cm³/mol. The molecule has 0 spiro atoms. The van der Waals surface area contributed by atoms with Gasteiger partial charge in [0.25, 0.3) is 0 Å². The number of aryl methyl sites for hydroxylation is 2. The van der Waals surface area contributed by atoms with E-state index in [-0.39, 0.29) is 23.3 Å². The molecule has 1 heterocycles. The van der Waals surface area contributed by atoms with Crippen molar-refractivity contribution in [2.24, 2.45) is 11.8 Å². The minimum Gasteiger partial charge on any atom is -0.299 e. The summed E-state index contributed by atoms with van der Waals surface area (Å²) >= 11 is 0. The van der Waals surface area contributed by atoms with Gasteiger partial charge in [-0.3, -0.25) is 9.59 Å². The Labute approximate surface area is 209 Å². The van der Waals surface area contributed by atoms with Crippen LogP contribution in [0.3, 0.4) is 0 Å². The highest BCUT2D eigenvalue weighted by Crippen LogP contribution is 2.38. The van der Waals surface area contributed by atoms with Crippen LogP contribution in [-0.2, 0) is 28.9 Å². The number of hydrogen-bond donors (Lipinski definition) is 0. The van der Waals surface area contributed by atoms with Gasteiger partial charge in [0.2, 0.25) is 0 Å². The quantitative estimate of drug-likeness (QED) is 0.275. The molecule has 1 atom stereocenters. The molecule has 1 aromatic heterocycles. The van der Waals surface area contributed by atoms with Crippen LogP contribution in [0.25, 0.3) is 16.5 Å². The van der Waals surface area contributed by atoms with E-state index in [1.807, 2.05) is 33.8 Å². The highest BCUT2D eigenvalue weighted by molar-refractivity contribution is 5.97. The third kappa shape index (κ3) is 5.32. The highest BCUT2D eigenvalue weighted by atomic mass is 19.1. The number of pyridine rings is 1. The molecular formula is C31H40FNO2. The van der Waals surface area contributed by atoms with Crippen LogP contribution in [0.1, 0.15) is 95.7 Å². The lowest BCUT2D eigenvalue weighted by Crippen LogP contribution is -2.17. The van der Waals surface area contributed by atoms with Crippen molar-refractivity contribution in [1.82, 2.24) is 4.98 Å². The Morgan fingerprint density at radius 2 is 1.77 bits per heavy atom. The molecular weight excluding hydrogens is 437 g/mol. The van der Waals surface area contributed by atoms with Crippen LogP contribution >= 0.6 is 0 Å². The van der Waals surface area contributed by atoms with Gasteiger partial charge in [-0.2, -0.15) is 0 Å². The van der Waals surface area contributed by atoms with Crippen LogP contribution in [0.5, 0.6) is 0 Å². The Bertz CT molecular complexity index is 1230. The lowest BCUT2D eigenvalue weighted by molar-refractivity contribution is -0.119. The van der Waals surface area contributed by atoms with E-state index in [1.54, 1.807) is 19.9 Å². The zero-order valence-corrected chi connectivity index (χ0v) is 22.7. The minimum absolute atomic E-state index is 0.00240. The van der Waals surface area contributed by atoms with Crippen molar-refractivity contribution in [2.75, 3.05) is 0 Å². The van der Waals surface area contributed by atoms with E-state index in [0.717, 1.165) is 59.0 Å². The monoisotopic (exact) mass is 477 g/mol. The molecule has 0 saturated heterocycles. The number of aromatic nitrogens is 1. The third-order valence-corrected chi connectivity index (χ3v) is 7.43. The van der Waals surface area contributed by atoms with Gasteiger partial charge < -0.3 is 0 Å². The molecule has 1 aromatic carbocycles. The van der Waals surface area contributed by atoms with E-state index in [0.29, 0.717) is 29.8 Å². The second kappa shape index (κ2) is 11.0. The molecule has 3 rings (SSSR count). The van der Waals surface area contributed by atoms with Gasteiger partial charge in [0.05, 0.1) is 11.2 Å². The minimum atomic E-state index is -0.331. The number of hydrogen-bond acceptors (Lipinski definition) is 3. The first-order valence-electron chi connectivity index (χ1n) is 13.1. The molecule has 3 nitrogen and oxygen atoms in total. The summed E-state index contributed by atoms with van der Waals surface area (Å²) in [6.45, 7) is 15.4. The van der Waals surface area contributed by atoms with Gasteiger partial charge in [-0.15, -0.1) is 0 Å². The molecule has 0 fully saturated rings. The maximum Gasteiger partial charge on any atom is 0.156 e. The number of allylic oxidation sites excluding steroid dienone is 4. The lowest BCUT2D eigenvalue weighted by atomic mass is 9.81. The fraction of sp³-hybridized carbons (Fsp3) is 0.516. The molecule has 0 aliphatic heterocycles. The Morgan fingerprint density at radius 1 is 1.11 bits per heavy atom. The average molecular weight is 478 g/mol. The number of benzene rings is 1. The molecule has 1 aliphatic carbocycles. The molecule has 1 unspecified atom stereocenters. The molecule has 35 heavy (non-hydrogen) atoms. The molecule has 0 saturated carbocycles. The summed E-state index contributed by atoms with van der Waals surface area (Å²) < 4.78 is 14.8. The number of rotatable bonds is 9. The van der Waals surface area contributed by atoms with Gasteiger partial charge in [-0.25, -0.2) is 9.37 Å². The number of ketones is 2. The topological polar surface area (TPSA) is 47.0 Å². The van der Waals surface area contributed by atoms with Gasteiger partial charge >= 0.3 is 0 Å². The third-order valence-electron chi connectivity index (χ3n) is 7.43. The fourth-order valence-electron chi connectivity index (χ4n) is 5.76. The summed E-state index contributed by atoms with van der Waals surface area (Å²) in [5.74, 6) is -0.0433. The van der Waals surface area contributed by atoms with Crippen molar-refractivity contribution in [3.05, 3.63) is 57.1 Å². The van der Waals surface area contributed by atoms with Gasteiger partial charge in [0, 0.05) is 17.4 Å². The van der Waals surface area contributed by atoms with Crippen molar-refractivity contribution < 1.29 is 14.0 Å². The first kappa shape index (κ1) is 27.0. The van der Waals surface area contributed by atoms with E-state index in [1.165, 1.54) is 11.1 Å². The first-order chi connectivity index (χ1) is 16.5. The summed E-state index contributed by atoms with van der Waals surface area (Å²) in [5.41, 5.74) is 8.35. The van der Waals surface area contributed by atoms with Crippen LogP contribution in [0.4, 0.5) is 4.39 Å². The Kier molecular flexibility index (Phi) is 8.46. The maximum atomic E-state index is 14.8. The summed E-state index contributed by atoms with van der Waals surface area (Å²) in [4.78, 5) is 30.1. The second-order valence-electron chi connectivity index (χ2n) is 10.5. The van der Waals surface area contributed by atoms with Crippen LogP contribution in [-0.4, -0.2) is 16.6 Å². The van der Waals surface area contributed by atoms with Gasteiger partial charge in [-0.1, -0.05) is 33.8 Å². The second-order valence-corrected chi connectivity index (χ2v) is 10.5. The molecule has 1 aliphatic rings. The van der Waals surface area contributed by atoms with Crippen LogP contribution in [0, 0.1) is 24.6 Å². The maximum absolute atomic E-state index is 14.8. The Hall–Kier alpha value is -2.62. The number of nitrogens with zero attached hydrogens (tertiary/aromatic N) is 1. The van der Waals surface area contributed by atoms with Crippen molar-refractivity contribution in [2.45, 2.75) is 93.9 Å². The van der Waals surface area contributed by atoms with Crippen LogP contribution < -0.4 is 0 Å². The molecule has 0 amide bonds. The molecule has 0 N–H and O–H groups in total. The molecule has 188 valence electrons. The van der Waals surface area contributed by atoms with E-state index in [2.05, 4.69) is 13.8 Å². The van der Waals surface area contributed by atoms with Crippen molar-refractivity contribution in [1.29, 1.82) is 0 Å². The number of carbonyl (C=O) groups is 2. The van der Waals surface area contributed by atoms with Crippen LogP contribution in [0.15, 0.2) is 23.3 Å². The van der Waals surface area contributed by atoms with Gasteiger partial charge in [0.1, 0.15) is 11.6 Å². The Balaban J connectivity index is 2.38. The summed E-state index contributed by atoms with van der Waals surface area (Å²) in [7, 11) is 0. The number of Topliss-reactive ketones (excluding diaryl/α,β-unsaturated/α-hetero) is 2. The molecule has 0 radical (unpaired) electrons. The summed E-state index contributed by atoms with van der Waals surface area (Å²) in [5, 5.41) is 1.13. The van der Waals surface area contributed by atoms with E-state index >= 15 is 0 Å². The van der Waals surface area contributed by atoms with Crippen LogP contribution in [0.2, 0.25) is 0 Å². The van der Waals surface area contributed by atoms with Gasteiger partial charge in [-0.05, 0) is 111 Å². The first-order valence-corrected chi connectivity index (χ1v) is 13.1. The van der Waals surface area contributed by atoms with E-state index in [4.69, 9.17) is 4.98 Å². The SMILES string of the molecule is CC/C(C(C)=O)=C(/C=C(\C)c1nc2cc(F)c(C)c3c2c(c1CC(C)C)CCC3)C(CC)C(C)=O. The average Bonchev–Trinajstić information content (AvgIpc) is 2.78. The number of carbonyl (C=O) groups excluding carboxylic acids is 2. The standard InChI is InChI=1S/C31H40FNO2/c1-9-22(20(7)34)26(23(10-2)21(8)35)15-18(5)31-27(14-17(3)4)25-13-11-12-24-19(6)28(32)16-29(33-31)30(24)25/h15-17,22H,9-14H2,1-8H3/b18-15+,26-23+. The zero-order chi connectivity index (χ0) is 26.0. The summed E-state index contributed by atoms with van der Waals surface area (Å²) in [6.07, 6.45) is 6.93. The smallest absolute Gasteiger partial charge is 0.156 e. The predicted octanol–water partition coefficient (Wildman–Crippen LogP) is 7.68. The lowest BCUT2D eigenvalue weighted by Gasteiger charge is -2.26. The Morgan fingerprint density at radius 3 is 2.31 bits per heavy atom. The zero-order valence-electron chi connectivity index (χ0n) is 22.7. The molecule has 0 bridgehead atoms. The largest absolute Gasteiger partial charge is 0.299 e. The van der Waals surface area contributed by atoms with E-state index in [9.17, 15) is 14.0 Å². The highest BCUT2D eigenvalue weighted by Gasteiger charge is 2.26. The summed E-state index contributed by atoms with van der Waals surface area (Å²) in [6, 6.07) is 1.58. The van der Waals surface area contributed by atoms with E-state index < -0.39 is 0 Å². The molecule has 2 aromatic rings.